The predicted molar refractivity (Wildman–Crippen MR) is 134 cm³/mol. The van der Waals surface area contributed by atoms with Crippen molar-refractivity contribution in [3.63, 3.8) is 0 Å². The molecule has 0 bridgehead atoms. The van der Waals surface area contributed by atoms with E-state index in [1.54, 1.807) is 17.1 Å². The number of aryl methyl sites for hydroxylation is 1. The van der Waals surface area contributed by atoms with Gasteiger partial charge in [0.05, 0.1) is 53.9 Å². The minimum atomic E-state index is -0.253. The van der Waals surface area contributed by atoms with Crippen molar-refractivity contribution >= 4 is 33.6 Å². The van der Waals surface area contributed by atoms with Crippen LogP contribution in [0.3, 0.4) is 0 Å². The minimum absolute atomic E-state index is 0.253. The molecule has 6 rings (SSSR count). The van der Waals surface area contributed by atoms with Gasteiger partial charge in [0, 0.05) is 38.1 Å². The Labute approximate surface area is 200 Å². The molecule has 1 aliphatic rings. The van der Waals surface area contributed by atoms with E-state index in [1.165, 1.54) is 0 Å². The van der Waals surface area contributed by atoms with E-state index < -0.39 is 0 Å². The second kappa shape index (κ2) is 8.84. The smallest absolute Gasteiger partial charge is 0.261 e. The van der Waals surface area contributed by atoms with Gasteiger partial charge in [-0.2, -0.15) is 5.10 Å². The van der Waals surface area contributed by atoms with Crippen molar-refractivity contribution in [2.24, 2.45) is 0 Å². The lowest BCUT2D eigenvalue weighted by molar-refractivity contribution is 0.122. The Bertz CT molecular complexity index is 1550. The van der Waals surface area contributed by atoms with Crippen molar-refractivity contribution in [3.8, 4) is 11.4 Å². The highest BCUT2D eigenvalue weighted by Gasteiger charge is 2.21. The molecule has 0 aromatic carbocycles. The molecule has 0 spiro atoms. The zero-order valence-corrected chi connectivity index (χ0v) is 19.3. The number of fused-ring (bicyclic) bond motifs is 2. The Morgan fingerprint density at radius 1 is 1.14 bits per heavy atom. The monoisotopic (exact) mass is 471 g/mol. The third-order valence-electron chi connectivity index (χ3n) is 6.15. The first kappa shape index (κ1) is 21.3. The lowest BCUT2D eigenvalue weighted by atomic mass is 10.1. The number of morpholine rings is 1. The zero-order valence-electron chi connectivity index (χ0n) is 19.3. The van der Waals surface area contributed by atoms with Crippen molar-refractivity contribution in [1.29, 1.82) is 0 Å². The molecule has 0 amide bonds. The summed E-state index contributed by atoms with van der Waals surface area (Å²) in [6.07, 6.45) is 5.34. The average Bonchev–Trinajstić information content (AvgIpc) is 3.51. The van der Waals surface area contributed by atoms with Crippen molar-refractivity contribution < 1.29 is 4.74 Å². The molecule has 5 aromatic rings. The van der Waals surface area contributed by atoms with Crippen LogP contribution in [0, 0.1) is 0 Å². The number of nitrogens with zero attached hydrogens (tertiary/aromatic N) is 6. The van der Waals surface area contributed by atoms with E-state index in [1.807, 2.05) is 37.4 Å². The van der Waals surface area contributed by atoms with Gasteiger partial charge in [-0.05, 0) is 19.1 Å². The molecule has 1 aliphatic heterocycles. The van der Waals surface area contributed by atoms with Crippen LogP contribution in [0.15, 0.2) is 47.7 Å². The molecule has 11 nitrogen and oxygen atoms in total. The summed E-state index contributed by atoms with van der Waals surface area (Å²) in [5.41, 5.74) is 4.45. The molecule has 0 atom stereocenters. The fourth-order valence-corrected chi connectivity index (χ4v) is 4.34. The molecule has 11 heteroatoms. The molecular weight excluding hydrogens is 446 g/mol. The van der Waals surface area contributed by atoms with Crippen LogP contribution < -0.4 is 15.8 Å². The fraction of sp³-hybridized carbons (Fsp3) is 0.292. The summed E-state index contributed by atoms with van der Waals surface area (Å²) in [6.45, 7) is 6.06. The summed E-state index contributed by atoms with van der Waals surface area (Å²) in [7, 11) is 0. The first-order valence-corrected chi connectivity index (χ1v) is 11.7. The number of ether oxygens (including phenoxy) is 1. The van der Waals surface area contributed by atoms with Crippen LogP contribution in [0.2, 0.25) is 0 Å². The van der Waals surface area contributed by atoms with E-state index >= 15 is 0 Å². The maximum Gasteiger partial charge on any atom is 0.261 e. The number of hydrogen-bond donors (Lipinski definition) is 3. The summed E-state index contributed by atoms with van der Waals surface area (Å²) in [4.78, 5) is 35.5. The Morgan fingerprint density at radius 2 is 2.03 bits per heavy atom. The van der Waals surface area contributed by atoms with Crippen molar-refractivity contribution in [1.82, 2.24) is 34.7 Å². The molecular formula is C24H25N9O2. The molecule has 5 aromatic heterocycles. The van der Waals surface area contributed by atoms with Gasteiger partial charge in [0.2, 0.25) is 0 Å². The van der Waals surface area contributed by atoms with E-state index in [4.69, 9.17) is 14.8 Å². The number of pyridine rings is 3. The summed E-state index contributed by atoms with van der Waals surface area (Å²) >= 11 is 0. The summed E-state index contributed by atoms with van der Waals surface area (Å²) in [5.74, 6) is 1.30. The van der Waals surface area contributed by atoms with Crippen LogP contribution in [-0.2, 0) is 17.8 Å². The summed E-state index contributed by atoms with van der Waals surface area (Å²) in [5, 5.41) is 8.09. The molecule has 35 heavy (non-hydrogen) atoms. The number of imidazole rings is 1. The second-order valence-electron chi connectivity index (χ2n) is 8.37. The Balaban J connectivity index is 1.45. The highest BCUT2D eigenvalue weighted by molar-refractivity contribution is 5.96. The van der Waals surface area contributed by atoms with E-state index in [2.05, 4.69) is 30.2 Å². The van der Waals surface area contributed by atoms with Crippen molar-refractivity contribution in [2.45, 2.75) is 20.0 Å². The molecule has 178 valence electrons. The van der Waals surface area contributed by atoms with Crippen LogP contribution >= 0.6 is 0 Å². The standard InChI is InChI=1S/C24H25N9O2/c1-2-33-14-18-21(31-33)22(27-12-15-5-3-4-6-25-15)20(24(34)30-18)23-28-16-11-19(26-13-17(16)29-23)32-7-9-35-10-8-32/h3-6,11,13-14,27H,2,7-10,12H2,1H3,(H,28,29)(H,30,34). The van der Waals surface area contributed by atoms with Crippen LogP contribution in [0.5, 0.6) is 0 Å². The molecule has 0 aliphatic carbocycles. The normalized spacial score (nSPS) is 14.1. The van der Waals surface area contributed by atoms with Gasteiger partial charge in [0.15, 0.2) is 0 Å². The van der Waals surface area contributed by atoms with E-state index in [-0.39, 0.29) is 5.56 Å². The third-order valence-corrected chi connectivity index (χ3v) is 6.15. The van der Waals surface area contributed by atoms with Crippen LogP contribution in [-0.4, -0.2) is 61.0 Å². The van der Waals surface area contributed by atoms with Crippen LogP contribution in [0.25, 0.3) is 33.5 Å². The van der Waals surface area contributed by atoms with E-state index in [0.29, 0.717) is 54.4 Å². The van der Waals surface area contributed by atoms with Gasteiger partial charge in [-0.25, -0.2) is 9.97 Å². The summed E-state index contributed by atoms with van der Waals surface area (Å²) in [6, 6.07) is 7.68. The number of nitrogens with one attached hydrogen (secondary N) is 3. The van der Waals surface area contributed by atoms with Gasteiger partial charge in [0.25, 0.3) is 5.56 Å². The number of rotatable bonds is 6. The van der Waals surface area contributed by atoms with Gasteiger partial charge in [0.1, 0.15) is 22.7 Å². The SMILES string of the molecule is CCn1cc2[nH]c(=O)c(-c3nc4cc(N5CCOCC5)ncc4[nH]3)c(NCc3ccccn3)c2n1. The molecule has 6 heterocycles. The number of anilines is 2. The second-order valence-corrected chi connectivity index (χ2v) is 8.37. The highest BCUT2D eigenvalue weighted by atomic mass is 16.5. The molecule has 0 radical (unpaired) electrons. The van der Waals surface area contributed by atoms with Gasteiger partial charge < -0.3 is 24.9 Å². The third kappa shape index (κ3) is 3.99. The molecule has 1 fully saturated rings. The van der Waals surface area contributed by atoms with Gasteiger partial charge >= 0.3 is 0 Å². The number of H-pyrrole nitrogens is 2. The largest absolute Gasteiger partial charge is 0.378 e. The number of aromatic nitrogens is 7. The first-order valence-electron chi connectivity index (χ1n) is 11.7. The lowest BCUT2D eigenvalue weighted by Crippen LogP contribution is -2.36. The molecule has 0 unspecified atom stereocenters. The van der Waals surface area contributed by atoms with Gasteiger partial charge in [-0.15, -0.1) is 0 Å². The van der Waals surface area contributed by atoms with Gasteiger partial charge in [-0.1, -0.05) is 6.07 Å². The quantitative estimate of drug-likeness (QED) is 0.345. The predicted octanol–water partition coefficient (Wildman–Crippen LogP) is 2.53. The van der Waals surface area contributed by atoms with E-state index in [9.17, 15) is 4.79 Å². The van der Waals surface area contributed by atoms with E-state index in [0.717, 1.165) is 35.6 Å². The maximum absolute atomic E-state index is 13.3. The lowest BCUT2D eigenvalue weighted by Gasteiger charge is -2.27. The molecule has 1 saturated heterocycles. The Morgan fingerprint density at radius 3 is 2.83 bits per heavy atom. The average molecular weight is 472 g/mol. The summed E-state index contributed by atoms with van der Waals surface area (Å²) < 4.78 is 7.25. The topological polar surface area (TPSA) is 130 Å². The first-order chi connectivity index (χ1) is 17.2. The zero-order chi connectivity index (χ0) is 23.8. The number of aromatic amines is 2. The van der Waals surface area contributed by atoms with Crippen LogP contribution in [0.4, 0.5) is 11.5 Å². The van der Waals surface area contributed by atoms with Crippen molar-refractivity contribution in [3.05, 3.63) is 58.9 Å². The highest BCUT2D eigenvalue weighted by Crippen LogP contribution is 2.31. The fourth-order valence-electron chi connectivity index (χ4n) is 4.34. The van der Waals surface area contributed by atoms with Gasteiger partial charge in [-0.3, -0.25) is 14.5 Å². The Hall–Kier alpha value is -4.25. The van der Waals surface area contributed by atoms with Crippen LogP contribution in [0.1, 0.15) is 12.6 Å². The Kier molecular flexibility index (Phi) is 5.38. The minimum Gasteiger partial charge on any atom is -0.378 e. The maximum atomic E-state index is 13.3. The van der Waals surface area contributed by atoms with Crippen molar-refractivity contribution in [2.75, 3.05) is 36.5 Å². The molecule has 3 N–H and O–H groups in total. The number of hydrogen-bond acceptors (Lipinski definition) is 8. The molecule has 0 saturated carbocycles.